The van der Waals surface area contributed by atoms with Crippen molar-refractivity contribution >= 4 is 27.5 Å². The Hall–Kier alpha value is -1.93. The maximum absolute atomic E-state index is 12.7. The van der Waals surface area contributed by atoms with E-state index in [0.29, 0.717) is 31.2 Å². The maximum atomic E-state index is 12.7. The molecule has 2 aromatic rings. The molecule has 0 heterocycles. The number of ether oxygens (including phenoxy) is 1. The minimum atomic E-state index is -3.87. The molecule has 2 N–H and O–H groups in total. The Bertz CT molecular complexity index is 842. The second-order valence-corrected chi connectivity index (χ2v) is 8.31. The first-order chi connectivity index (χ1) is 13.4. The Kier molecular flexibility index (Phi) is 8.92. The summed E-state index contributed by atoms with van der Waals surface area (Å²) in [6.07, 6.45) is 0.895. The lowest BCUT2D eigenvalue weighted by Crippen LogP contribution is -2.48. The lowest BCUT2D eigenvalue weighted by molar-refractivity contribution is -0.122. The number of nitrogens with one attached hydrogen (secondary N) is 2. The zero-order valence-corrected chi connectivity index (χ0v) is 17.3. The summed E-state index contributed by atoms with van der Waals surface area (Å²) in [7, 11) is -3.87. The molecule has 0 aliphatic carbocycles. The van der Waals surface area contributed by atoms with Crippen LogP contribution in [-0.4, -0.2) is 40.1 Å². The molecule has 0 radical (unpaired) electrons. The third-order valence-corrected chi connectivity index (χ3v) is 5.73. The Labute approximate surface area is 171 Å². The SMILES string of the molecule is CCOCCCNC(=O)C(Cc1ccccc1)NS(=O)(=O)c1ccc(Cl)cc1. The number of sulfonamides is 1. The molecule has 1 amide bonds. The molecule has 2 rings (SSSR count). The van der Waals surface area contributed by atoms with Gasteiger partial charge in [-0.15, -0.1) is 0 Å². The molecule has 0 saturated heterocycles. The van der Waals surface area contributed by atoms with Gasteiger partial charge in [0.1, 0.15) is 6.04 Å². The van der Waals surface area contributed by atoms with E-state index in [2.05, 4.69) is 10.0 Å². The summed E-state index contributed by atoms with van der Waals surface area (Å²) in [6.45, 7) is 3.47. The minimum Gasteiger partial charge on any atom is -0.382 e. The van der Waals surface area contributed by atoms with Crippen molar-refractivity contribution in [2.75, 3.05) is 19.8 Å². The van der Waals surface area contributed by atoms with E-state index >= 15 is 0 Å². The highest BCUT2D eigenvalue weighted by Crippen LogP contribution is 2.15. The molecular formula is C20H25ClN2O4S. The van der Waals surface area contributed by atoms with Gasteiger partial charge in [-0.2, -0.15) is 4.72 Å². The fourth-order valence-electron chi connectivity index (χ4n) is 2.56. The Morgan fingerprint density at radius 2 is 1.79 bits per heavy atom. The molecule has 1 unspecified atom stereocenters. The molecule has 0 aliphatic rings. The third-order valence-electron chi connectivity index (χ3n) is 3.99. The lowest BCUT2D eigenvalue weighted by atomic mass is 10.1. The first-order valence-electron chi connectivity index (χ1n) is 9.09. The molecular weight excluding hydrogens is 400 g/mol. The summed E-state index contributed by atoms with van der Waals surface area (Å²) < 4.78 is 33.2. The number of hydrogen-bond acceptors (Lipinski definition) is 4. The number of carbonyl (C=O) groups excluding carboxylic acids is 1. The highest BCUT2D eigenvalue weighted by molar-refractivity contribution is 7.89. The van der Waals surface area contributed by atoms with E-state index in [-0.39, 0.29) is 17.2 Å². The molecule has 0 aliphatic heterocycles. The summed E-state index contributed by atoms with van der Waals surface area (Å²) in [5.41, 5.74) is 0.857. The molecule has 0 saturated carbocycles. The van der Waals surface area contributed by atoms with E-state index in [1.807, 2.05) is 37.3 Å². The van der Waals surface area contributed by atoms with E-state index < -0.39 is 16.1 Å². The van der Waals surface area contributed by atoms with Crippen molar-refractivity contribution in [3.05, 3.63) is 65.2 Å². The van der Waals surface area contributed by atoms with Gasteiger partial charge >= 0.3 is 0 Å². The molecule has 6 nitrogen and oxygen atoms in total. The van der Waals surface area contributed by atoms with E-state index in [0.717, 1.165) is 5.56 Å². The first-order valence-corrected chi connectivity index (χ1v) is 11.0. The van der Waals surface area contributed by atoms with Crippen LogP contribution in [0.1, 0.15) is 18.9 Å². The van der Waals surface area contributed by atoms with Crippen LogP contribution in [-0.2, 0) is 26.0 Å². The van der Waals surface area contributed by atoms with Crippen LogP contribution in [0.3, 0.4) is 0 Å². The molecule has 28 heavy (non-hydrogen) atoms. The average Bonchev–Trinajstić information content (AvgIpc) is 2.68. The van der Waals surface area contributed by atoms with Crippen LogP contribution >= 0.6 is 11.6 Å². The number of benzene rings is 2. The number of amides is 1. The fourth-order valence-corrected chi connectivity index (χ4v) is 3.88. The van der Waals surface area contributed by atoms with E-state index in [1.54, 1.807) is 0 Å². The van der Waals surface area contributed by atoms with Crippen molar-refractivity contribution in [1.82, 2.24) is 10.0 Å². The van der Waals surface area contributed by atoms with Gasteiger partial charge in [-0.1, -0.05) is 41.9 Å². The highest BCUT2D eigenvalue weighted by atomic mass is 35.5. The Morgan fingerprint density at radius 1 is 1.11 bits per heavy atom. The summed E-state index contributed by atoms with van der Waals surface area (Å²) >= 11 is 5.83. The van der Waals surface area contributed by atoms with Crippen molar-refractivity contribution in [3.63, 3.8) is 0 Å². The Balaban J connectivity index is 2.10. The molecule has 0 spiro atoms. The van der Waals surface area contributed by atoms with E-state index in [9.17, 15) is 13.2 Å². The van der Waals surface area contributed by atoms with Crippen LogP contribution in [0.2, 0.25) is 5.02 Å². The van der Waals surface area contributed by atoms with Crippen LogP contribution < -0.4 is 10.0 Å². The normalized spacial score (nSPS) is 12.5. The molecule has 0 aromatic heterocycles. The second kappa shape index (κ2) is 11.2. The predicted octanol–water partition coefficient (Wildman–Crippen LogP) is 2.77. The van der Waals surface area contributed by atoms with Gasteiger partial charge in [-0.25, -0.2) is 8.42 Å². The van der Waals surface area contributed by atoms with Gasteiger partial charge in [0, 0.05) is 24.8 Å². The molecule has 0 fully saturated rings. The van der Waals surface area contributed by atoms with Gasteiger partial charge in [0.05, 0.1) is 4.90 Å². The monoisotopic (exact) mass is 424 g/mol. The second-order valence-electron chi connectivity index (χ2n) is 6.16. The largest absolute Gasteiger partial charge is 0.382 e. The third kappa shape index (κ3) is 7.24. The van der Waals surface area contributed by atoms with Gasteiger partial charge in [-0.3, -0.25) is 4.79 Å². The summed E-state index contributed by atoms with van der Waals surface area (Å²) in [4.78, 5) is 12.7. The summed E-state index contributed by atoms with van der Waals surface area (Å²) in [5.74, 6) is -0.377. The molecule has 152 valence electrons. The number of hydrogen-bond donors (Lipinski definition) is 2. The van der Waals surface area contributed by atoms with Crippen LogP contribution in [0.15, 0.2) is 59.5 Å². The van der Waals surface area contributed by atoms with Gasteiger partial charge in [-0.05, 0) is 49.6 Å². The molecule has 0 bridgehead atoms. The number of halogens is 1. The van der Waals surface area contributed by atoms with Crippen molar-refractivity contribution in [3.8, 4) is 0 Å². The highest BCUT2D eigenvalue weighted by Gasteiger charge is 2.25. The van der Waals surface area contributed by atoms with Gasteiger partial charge in [0.2, 0.25) is 15.9 Å². The van der Waals surface area contributed by atoms with Gasteiger partial charge in [0.25, 0.3) is 0 Å². The maximum Gasteiger partial charge on any atom is 0.241 e. The minimum absolute atomic E-state index is 0.0547. The number of rotatable bonds is 11. The number of carbonyl (C=O) groups is 1. The summed E-state index contributed by atoms with van der Waals surface area (Å²) in [6, 6.07) is 14.1. The topological polar surface area (TPSA) is 84.5 Å². The zero-order chi connectivity index (χ0) is 20.4. The van der Waals surface area contributed by atoms with Gasteiger partial charge < -0.3 is 10.1 Å². The quantitative estimate of drug-likeness (QED) is 0.543. The van der Waals surface area contributed by atoms with Crippen molar-refractivity contribution in [2.45, 2.75) is 30.7 Å². The smallest absolute Gasteiger partial charge is 0.241 e. The van der Waals surface area contributed by atoms with Crippen LogP contribution in [0.4, 0.5) is 0 Å². The van der Waals surface area contributed by atoms with Gasteiger partial charge in [0.15, 0.2) is 0 Å². The lowest BCUT2D eigenvalue weighted by Gasteiger charge is -2.19. The van der Waals surface area contributed by atoms with Crippen molar-refractivity contribution in [1.29, 1.82) is 0 Å². The van der Waals surface area contributed by atoms with Crippen molar-refractivity contribution < 1.29 is 17.9 Å². The molecule has 1 atom stereocenters. The molecule has 8 heteroatoms. The van der Waals surface area contributed by atoms with E-state index in [1.165, 1.54) is 24.3 Å². The van der Waals surface area contributed by atoms with Crippen LogP contribution in [0, 0.1) is 0 Å². The van der Waals surface area contributed by atoms with Crippen molar-refractivity contribution in [2.24, 2.45) is 0 Å². The first kappa shape index (κ1) is 22.4. The molecule has 2 aromatic carbocycles. The standard InChI is InChI=1S/C20H25ClN2O4S/c1-2-27-14-6-13-22-20(24)19(15-16-7-4-3-5-8-16)23-28(25,26)18-11-9-17(21)10-12-18/h3-5,7-12,19,23H,2,6,13-15H2,1H3,(H,22,24). The van der Waals surface area contributed by atoms with Crippen LogP contribution in [0.25, 0.3) is 0 Å². The fraction of sp³-hybridized carbons (Fsp3) is 0.350. The zero-order valence-electron chi connectivity index (χ0n) is 15.7. The van der Waals surface area contributed by atoms with E-state index in [4.69, 9.17) is 16.3 Å². The Morgan fingerprint density at radius 3 is 2.43 bits per heavy atom. The predicted molar refractivity (Wildman–Crippen MR) is 110 cm³/mol. The summed E-state index contributed by atoms with van der Waals surface area (Å²) in [5, 5.41) is 3.21. The average molecular weight is 425 g/mol. The van der Waals surface area contributed by atoms with Crippen LogP contribution in [0.5, 0.6) is 0 Å².